The van der Waals surface area contributed by atoms with Gasteiger partial charge in [0.05, 0.1) is 0 Å². The molecule has 2 rings (SSSR count). The first-order valence-corrected chi connectivity index (χ1v) is 8.21. The summed E-state index contributed by atoms with van der Waals surface area (Å²) in [5, 5.41) is 2.63. The normalized spacial score (nSPS) is 12.6. The smallest absolute Gasteiger partial charge is 0.347 e. The minimum absolute atomic E-state index is 0.0578. The Morgan fingerprint density at radius 2 is 1.50 bits per heavy atom. The molecule has 2 aromatic carbocycles. The van der Waals surface area contributed by atoms with E-state index in [9.17, 15) is 14.4 Å². The standard InChI is InChI=1S/C20H21NO5/c1-13(22)16-9-11-17(12-10-16)21-19(23)14(2)26-20(24)15(3)25-18-7-5-4-6-8-18/h4-12,14-15H,1-3H3,(H,21,23)/t14-,15-/m0/s1. The van der Waals surface area contributed by atoms with Crippen molar-refractivity contribution in [2.24, 2.45) is 0 Å². The summed E-state index contributed by atoms with van der Waals surface area (Å²) in [6.07, 6.45) is -1.83. The van der Waals surface area contributed by atoms with E-state index < -0.39 is 24.1 Å². The van der Waals surface area contributed by atoms with Crippen LogP contribution in [0, 0.1) is 0 Å². The van der Waals surface area contributed by atoms with Gasteiger partial charge in [-0.15, -0.1) is 0 Å². The van der Waals surface area contributed by atoms with Crippen LogP contribution in [0.2, 0.25) is 0 Å². The van der Waals surface area contributed by atoms with Crippen LogP contribution in [0.3, 0.4) is 0 Å². The highest BCUT2D eigenvalue weighted by molar-refractivity contribution is 5.97. The fourth-order valence-electron chi connectivity index (χ4n) is 2.11. The lowest BCUT2D eigenvalue weighted by molar-refractivity contribution is -0.159. The van der Waals surface area contributed by atoms with Crippen LogP contribution in [-0.4, -0.2) is 29.9 Å². The van der Waals surface area contributed by atoms with Crippen molar-refractivity contribution in [3.63, 3.8) is 0 Å². The van der Waals surface area contributed by atoms with Crippen molar-refractivity contribution < 1.29 is 23.9 Å². The van der Waals surface area contributed by atoms with Gasteiger partial charge in [0, 0.05) is 11.3 Å². The van der Waals surface area contributed by atoms with Gasteiger partial charge in [-0.2, -0.15) is 0 Å². The summed E-state index contributed by atoms with van der Waals surface area (Å²) in [5.41, 5.74) is 1.06. The monoisotopic (exact) mass is 355 g/mol. The minimum atomic E-state index is -0.989. The predicted molar refractivity (Wildman–Crippen MR) is 97.2 cm³/mol. The third-order valence-corrected chi connectivity index (χ3v) is 3.61. The second-order valence-electron chi connectivity index (χ2n) is 5.78. The van der Waals surface area contributed by atoms with Gasteiger partial charge >= 0.3 is 5.97 Å². The van der Waals surface area contributed by atoms with Crippen molar-refractivity contribution in [1.82, 2.24) is 0 Å². The number of ketones is 1. The molecular weight excluding hydrogens is 334 g/mol. The van der Waals surface area contributed by atoms with E-state index in [2.05, 4.69) is 5.32 Å². The molecule has 0 bridgehead atoms. The van der Waals surface area contributed by atoms with E-state index in [-0.39, 0.29) is 5.78 Å². The lowest BCUT2D eigenvalue weighted by atomic mass is 10.1. The van der Waals surface area contributed by atoms with Crippen molar-refractivity contribution in [3.05, 3.63) is 60.2 Å². The molecule has 0 aliphatic rings. The molecular formula is C20H21NO5. The van der Waals surface area contributed by atoms with Gasteiger partial charge in [0.15, 0.2) is 18.0 Å². The number of benzene rings is 2. The van der Waals surface area contributed by atoms with Crippen LogP contribution in [0.1, 0.15) is 31.1 Å². The number of carbonyl (C=O) groups is 3. The molecule has 1 amide bonds. The highest BCUT2D eigenvalue weighted by Gasteiger charge is 2.23. The summed E-state index contributed by atoms with van der Waals surface area (Å²) in [6, 6.07) is 15.3. The lowest BCUT2D eigenvalue weighted by Gasteiger charge is -2.17. The average molecular weight is 355 g/mol. The van der Waals surface area contributed by atoms with Crippen LogP contribution in [0.4, 0.5) is 5.69 Å². The Morgan fingerprint density at radius 3 is 2.08 bits per heavy atom. The SMILES string of the molecule is CC(=O)c1ccc(NC(=O)[C@H](C)OC(=O)[C@H](C)Oc2ccccc2)cc1. The maximum Gasteiger partial charge on any atom is 0.347 e. The Labute approximate surface area is 152 Å². The second-order valence-corrected chi connectivity index (χ2v) is 5.78. The van der Waals surface area contributed by atoms with Gasteiger partial charge in [-0.25, -0.2) is 4.79 Å². The van der Waals surface area contributed by atoms with Crippen molar-refractivity contribution in [1.29, 1.82) is 0 Å². The number of anilines is 1. The third-order valence-electron chi connectivity index (χ3n) is 3.61. The molecule has 26 heavy (non-hydrogen) atoms. The summed E-state index contributed by atoms with van der Waals surface area (Å²) >= 11 is 0. The zero-order valence-electron chi connectivity index (χ0n) is 14.9. The van der Waals surface area contributed by atoms with E-state index >= 15 is 0 Å². The van der Waals surface area contributed by atoms with Gasteiger partial charge in [-0.3, -0.25) is 9.59 Å². The first-order chi connectivity index (χ1) is 12.4. The number of carbonyl (C=O) groups excluding carboxylic acids is 3. The number of Topliss-reactive ketones (excluding diaryl/α,β-unsaturated/α-hetero) is 1. The summed E-state index contributed by atoms with van der Waals surface area (Å²) in [5.74, 6) is -0.624. The molecule has 0 aliphatic heterocycles. The predicted octanol–water partition coefficient (Wildman–Crippen LogP) is 3.23. The quantitative estimate of drug-likeness (QED) is 0.609. The summed E-state index contributed by atoms with van der Waals surface area (Å²) in [4.78, 5) is 35.5. The molecule has 0 unspecified atom stereocenters. The minimum Gasteiger partial charge on any atom is -0.479 e. The molecule has 0 radical (unpaired) electrons. The highest BCUT2D eigenvalue weighted by atomic mass is 16.6. The number of para-hydroxylation sites is 1. The van der Waals surface area contributed by atoms with Crippen LogP contribution in [0.15, 0.2) is 54.6 Å². The Kier molecular flexibility index (Phi) is 6.49. The van der Waals surface area contributed by atoms with Gasteiger partial charge in [0.25, 0.3) is 5.91 Å². The van der Waals surface area contributed by atoms with Gasteiger partial charge < -0.3 is 14.8 Å². The number of ether oxygens (including phenoxy) is 2. The first-order valence-electron chi connectivity index (χ1n) is 8.21. The molecule has 0 fully saturated rings. The molecule has 2 atom stereocenters. The van der Waals surface area contributed by atoms with Crippen LogP contribution in [0.25, 0.3) is 0 Å². The van der Waals surface area contributed by atoms with E-state index in [1.54, 1.807) is 55.5 Å². The molecule has 6 nitrogen and oxygen atoms in total. The third kappa shape index (κ3) is 5.44. The largest absolute Gasteiger partial charge is 0.479 e. The molecule has 0 aliphatic carbocycles. The zero-order valence-corrected chi connectivity index (χ0v) is 14.9. The van der Waals surface area contributed by atoms with E-state index in [0.29, 0.717) is 17.0 Å². The van der Waals surface area contributed by atoms with Crippen LogP contribution < -0.4 is 10.1 Å². The Bertz CT molecular complexity index is 771. The van der Waals surface area contributed by atoms with Gasteiger partial charge in [0.1, 0.15) is 5.75 Å². The van der Waals surface area contributed by atoms with E-state index in [1.807, 2.05) is 6.07 Å². The van der Waals surface area contributed by atoms with Crippen molar-refractivity contribution in [3.8, 4) is 5.75 Å². The van der Waals surface area contributed by atoms with Gasteiger partial charge in [-0.05, 0) is 57.2 Å². The van der Waals surface area contributed by atoms with Crippen molar-refractivity contribution in [2.45, 2.75) is 33.0 Å². The topological polar surface area (TPSA) is 81.7 Å². The van der Waals surface area contributed by atoms with Crippen LogP contribution >= 0.6 is 0 Å². The fourth-order valence-corrected chi connectivity index (χ4v) is 2.11. The fraction of sp³-hybridized carbons (Fsp3) is 0.250. The maximum atomic E-state index is 12.2. The molecule has 1 N–H and O–H groups in total. The summed E-state index contributed by atoms with van der Waals surface area (Å²) in [6.45, 7) is 4.50. The molecule has 136 valence electrons. The van der Waals surface area contributed by atoms with Gasteiger partial charge in [0.2, 0.25) is 0 Å². The number of hydrogen-bond acceptors (Lipinski definition) is 5. The second kappa shape index (κ2) is 8.80. The molecule has 6 heteroatoms. The van der Waals surface area contributed by atoms with E-state index in [0.717, 1.165) is 0 Å². The number of hydrogen-bond donors (Lipinski definition) is 1. The number of amides is 1. The molecule has 2 aromatic rings. The average Bonchev–Trinajstić information content (AvgIpc) is 2.62. The molecule has 0 spiro atoms. The van der Waals surface area contributed by atoms with Crippen molar-refractivity contribution >= 4 is 23.3 Å². The Morgan fingerprint density at radius 1 is 0.885 bits per heavy atom. The number of rotatable bonds is 7. The van der Waals surface area contributed by atoms with E-state index in [4.69, 9.17) is 9.47 Å². The zero-order chi connectivity index (χ0) is 19.1. The summed E-state index contributed by atoms with van der Waals surface area (Å²) < 4.78 is 10.6. The Balaban J connectivity index is 1.87. The highest BCUT2D eigenvalue weighted by Crippen LogP contribution is 2.13. The van der Waals surface area contributed by atoms with Crippen LogP contribution in [-0.2, 0) is 14.3 Å². The molecule has 0 saturated carbocycles. The van der Waals surface area contributed by atoms with Gasteiger partial charge in [-0.1, -0.05) is 18.2 Å². The first kappa shape index (κ1) is 19.2. The lowest BCUT2D eigenvalue weighted by Crippen LogP contribution is -2.35. The molecule has 0 aromatic heterocycles. The molecule has 0 saturated heterocycles. The number of esters is 1. The maximum absolute atomic E-state index is 12.2. The van der Waals surface area contributed by atoms with Crippen LogP contribution in [0.5, 0.6) is 5.75 Å². The molecule has 0 heterocycles. The van der Waals surface area contributed by atoms with Crippen molar-refractivity contribution in [2.75, 3.05) is 5.32 Å². The number of nitrogens with one attached hydrogen (secondary N) is 1. The van der Waals surface area contributed by atoms with E-state index in [1.165, 1.54) is 13.8 Å². The Hall–Kier alpha value is -3.15. The summed E-state index contributed by atoms with van der Waals surface area (Å²) in [7, 11) is 0.